The molecule has 5 rings (SSSR count). The molecule has 1 N–H and O–H groups in total. The molecule has 1 saturated heterocycles. The highest BCUT2D eigenvalue weighted by atomic mass is 16.6. The number of hydrogen-bond donors (Lipinski definition) is 1. The molecule has 0 radical (unpaired) electrons. The number of nitro groups is 1. The van der Waals surface area contributed by atoms with Crippen LogP contribution in [0, 0.1) is 10.1 Å². The maximum Gasteiger partial charge on any atom is 0.323 e. The van der Waals surface area contributed by atoms with Crippen LogP contribution in [-0.2, 0) is 20.9 Å². The highest BCUT2D eigenvalue weighted by molar-refractivity contribution is 6.24. The number of esters is 1. The maximum absolute atomic E-state index is 13.1. The number of nitro benzene ring substituents is 1. The van der Waals surface area contributed by atoms with Gasteiger partial charge in [0.05, 0.1) is 22.9 Å². The van der Waals surface area contributed by atoms with Gasteiger partial charge in [-0.3, -0.25) is 29.6 Å². The zero-order valence-electron chi connectivity index (χ0n) is 21.0. The Labute approximate surface area is 220 Å². The number of likely N-dealkylation sites (tertiary alicyclic amines) is 1. The standard InChI is InChI=1S/C29H28N4O5/c1-2-38-29(35)25-9-6-16-32(25)18-19-10-12-21(13-11-19)30-27(20-7-4-3-5-8-20)26-23-17-22(33(36)37)14-15-24(23)31-28(26)34/h3-5,7-8,10-15,17,25-26H,2,6,9,16,18H2,1H3,(H,31,34). The number of aliphatic imine (C=N–C) groups is 1. The lowest BCUT2D eigenvalue weighted by molar-refractivity contribution is -0.384. The first-order chi connectivity index (χ1) is 18.4. The van der Waals surface area contributed by atoms with E-state index in [1.165, 1.54) is 12.1 Å². The Hall–Kier alpha value is -4.37. The summed E-state index contributed by atoms with van der Waals surface area (Å²) in [6.45, 7) is 3.65. The molecule has 3 aromatic rings. The average Bonchev–Trinajstić information content (AvgIpc) is 3.52. The lowest BCUT2D eigenvalue weighted by Crippen LogP contribution is -2.36. The van der Waals surface area contributed by atoms with Crippen LogP contribution in [0.15, 0.2) is 77.8 Å². The van der Waals surface area contributed by atoms with Gasteiger partial charge in [-0.1, -0.05) is 42.5 Å². The molecule has 1 amide bonds. The van der Waals surface area contributed by atoms with Crippen LogP contribution in [0.5, 0.6) is 0 Å². The van der Waals surface area contributed by atoms with E-state index in [-0.39, 0.29) is 23.6 Å². The normalized spacial score (nSPS) is 19.2. The molecule has 0 spiro atoms. The van der Waals surface area contributed by atoms with Gasteiger partial charge >= 0.3 is 5.97 Å². The highest BCUT2D eigenvalue weighted by Crippen LogP contribution is 2.38. The van der Waals surface area contributed by atoms with E-state index in [9.17, 15) is 19.7 Å². The summed E-state index contributed by atoms with van der Waals surface area (Å²) in [5.74, 6) is -1.24. The van der Waals surface area contributed by atoms with Crippen molar-refractivity contribution in [2.45, 2.75) is 38.3 Å². The third-order valence-electron chi connectivity index (χ3n) is 6.91. The molecule has 1 fully saturated rings. The molecule has 0 saturated carbocycles. The van der Waals surface area contributed by atoms with Crippen LogP contribution in [0.4, 0.5) is 17.1 Å². The van der Waals surface area contributed by atoms with E-state index in [1.807, 2.05) is 61.5 Å². The second kappa shape index (κ2) is 10.9. The third-order valence-corrected chi connectivity index (χ3v) is 6.91. The second-order valence-electron chi connectivity index (χ2n) is 9.36. The van der Waals surface area contributed by atoms with Crippen molar-refractivity contribution in [2.24, 2.45) is 4.99 Å². The minimum absolute atomic E-state index is 0.0787. The van der Waals surface area contributed by atoms with Gasteiger partial charge in [0.25, 0.3) is 5.69 Å². The van der Waals surface area contributed by atoms with Gasteiger partial charge in [-0.25, -0.2) is 0 Å². The summed E-state index contributed by atoms with van der Waals surface area (Å²) in [5, 5.41) is 14.2. The van der Waals surface area contributed by atoms with Gasteiger partial charge < -0.3 is 10.1 Å². The van der Waals surface area contributed by atoms with Crippen LogP contribution in [0.3, 0.4) is 0 Å². The van der Waals surface area contributed by atoms with Gasteiger partial charge in [-0.05, 0) is 55.6 Å². The van der Waals surface area contributed by atoms with E-state index < -0.39 is 10.8 Å². The first-order valence-corrected chi connectivity index (χ1v) is 12.7. The molecule has 38 heavy (non-hydrogen) atoms. The van der Waals surface area contributed by atoms with Gasteiger partial charge in [0.15, 0.2) is 0 Å². The topological polar surface area (TPSA) is 114 Å². The van der Waals surface area contributed by atoms with Crippen molar-refractivity contribution in [3.05, 3.63) is 99.6 Å². The fraction of sp³-hybridized carbons (Fsp3) is 0.276. The van der Waals surface area contributed by atoms with E-state index >= 15 is 0 Å². The number of ether oxygens (including phenoxy) is 1. The number of carbonyl (C=O) groups is 2. The summed E-state index contributed by atoms with van der Waals surface area (Å²) < 4.78 is 5.23. The number of amides is 1. The van der Waals surface area contributed by atoms with Crippen molar-refractivity contribution >= 4 is 34.7 Å². The zero-order valence-corrected chi connectivity index (χ0v) is 21.0. The predicted octanol–water partition coefficient (Wildman–Crippen LogP) is 4.98. The molecule has 9 nitrogen and oxygen atoms in total. The molecule has 2 unspecified atom stereocenters. The fourth-order valence-corrected chi connectivity index (χ4v) is 5.11. The summed E-state index contributed by atoms with van der Waals surface area (Å²) in [6, 6.07) is 21.2. The van der Waals surface area contributed by atoms with Gasteiger partial charge in [0, 0.05) is 29.9 Å². The van der Waals surface area contributed by atoms with E-state index in [1.54, 1.807) is 6.07 Å². The lowest BCUT2D eigenvalue weighted by Gasteiger charge is -2.22. The summed E-state index contributed by atoms with van der Waals surface area (Å²) in [7, 11) is 0. The fourth-order valence-electron chi connectivity index (χ4n) is 5.11. The van der Waals surface area contributed by atoms with Crippen LogP contribution in [0.25, 0.3) is 0 Å². The Morgan fingerprint density at radius 2 is 1.89 bits per heavy atom. The molecule has 2 heterocycles. The quantitative estimate of drug-likeness (QED) is 0.197. The first kappa shape index (κ1) is 25.3. The Morgan fingerprint density at radius 3 is 2.61 bits per heavy atom. The van der Waals surface area contributed by atoms with Crippen molar-refractivity contribution in [1.82, 2.24) is 4.90 Å². The van der Waals surface area contributed by atoms with E-state index in [4.69, 9.17) is 9.73 Å². The van der Waals surface area contributed by atoms with Crippen LogP contribution in [0.2, 0.25) is 0 Å². The SMILES string of the molecule is CCOC(=O)C1CCCN1Cc1ccc(N=C(c2ccccc2)C2C(=O)Nc3ccc([N+](=O)[O-])cc32)cc1. The number of rotatable bonds is 8. The molecular weight excluding hydrogens is 484 g/mol. The number of fused-ring (bicyclic) bond motifs is 1. The number of anilines is 1. The Morgan fingerprint density at radius 1 is 1.13 bits per heavy atom. The van der Waals surface area contributed by atoms with Crippen molar-refractivity contribution in [3.8, 4) is 0 Å². The summed E-state index contributed by atoms with van der Waals surface area (Å²) in [5.41, 5.74) is 3.96. The number of nitrogens with one attached hydrogen (secondary N) is 1. The summed E-state index contributed by atoms with van der Waals surface area (Å²) >= 11 is 0. The monoisotopic (exact) mass is 512 g/mol. The number of hydrogen-bond acceptors (Lipinski definition) is 7. The molecule has 2 atom stereocenters. The van der Waals surface area contributed by atoms with Crippen LogP contribution >= 0.6 is 0 Å². The summed E-state index contributed by atoms with van der Waals surface area (Å²) in [6.07, 6.45) is 1.75. The third kappa shape index (κ3) is 5.19. The van der Waals surface area contributed by atoms with Crippen molar-refractivity contribution in [2.75, 3.05) is 18.5 Å². The summed E-state index contributed by atoms with van der Waals surface area (Å²) in [4.78, 5) is 43.3. The number of nitrogens with zero attached hydrogens (tertiary/aromatic N) is 3. The van der Waals surface area contributed by atoms with Crippen molar-refractivity contribution in [1.29, 1.82) is 0 Å². The Bertz CT molecular complexity index is 1390. The maximum atomic E-state index is 13.1. The Kier molecular flexibility index (Phi) is 7.28. The predicted molar refractivity (Wildman–Crippen MR) is 144 cm³/mol. The number of benzene rings is 3. The molecule has 194 valence electrons. The zero-order chi connectivity index (χ0) is 26.6. The molecule has 0 aliphatic carbocycles. The molecular formula is C29H28N4O5. The molecule has 2 aliphatic rings. The number of non-ortho nitro benzene ring substituents is 1. The average molecular weight is 513 g/mol. The molecule has 0 aromatic heterocycles. The van der Waals surface area contributed by atoms with Crippen LogP contribution in [-0.4, -0.2) is 46.6 Å². The largest absolute Gasteiger partial charge is 0.465 e. The highest BCUT2D eigenvalue weighted by Gasteiger charge is 2.37. The minimum Gasteiger partial charge on any atom is -0.465 e. The molecule has 0 bridgehead atoms. The van der Waals surface area contributed by atoms with Crippen LogP contribution < -0.4 is 5.32 Å². The Balaban J connectivity index is 1.45. The van der Waals surface area contributed by atoms with Crippen molar-refractivity contribution in [3.63, 3.8) is 0 Å². The van der Waals surface area contributed by atoms with Crippen LogP contribution in [0.1, 0.15) is 42.4 Å². The van der Waals surface area contributed by atoms with E-state index in [0.717, 1.165) is 30.5 Å². The number of carbonyl (C=O) groups excluding carboxylic acids is 2. The lowest BCUT2D eigenvalue weighted by atomic mass is 9.90. The van der Waals surface area contributed by atoms with Gasteiger partial charge in [-0.2, -0.15) is 0 Å². The molecule has 9 heteroatoms. The smallest absolute Gasteiger partial charge is 0.323 e. The van der Waals surface area contributed by atoms with E-state index in [0.29, 0.717) is 35.8 Å². The van der Waals surface area contributed by atoms with Gasteiger partial charge in [0.1, 0.15) is 12.0 Å². The van der Waals surface area contributed by atoms with Crippen molar-refractivity contribution < 1.29 is 19.2 Å². The first-order valence-electron chi connectivity index (χ1n) is 12.7. The minimum atomic E-state index is -0.790. The molecule has 3 aromatic carbocycles. The van der Waals surface area contributed by atoms with Gasteiger partial charge in [-0.15, -0.1) is 0 Å². The van der Waals surface area contributed by atoms with E-state index in [2.05, 4.69) is 10.2 Å². The second-order valence-corrected chi connectivity index (χ2v) is 9.36. The molecule has 2 aliphatic heterocycles. The van der Waals surface area contributed by atoms with Gasteiger partial charge in [0.2, 0.25) is 5.91 Å².